The Morgan fingerprint density at radius 3 is 2.30 bits per heavy atom. The molecule has 4 rings (SSSR count). The van der Waals surface area contributed by atoms with Crippen molar-refractivity contribution in [1.29, 1.82) is 0 Å². The van der Waals surface area contributed by atoms with Crippen LogP contribution in [0.3, 0.4) is 0 Å². The maximum atomic E-state index is 14.1. The molecule has 1 aliphatic heterocycles. The highest BCUT2D eigenvalue weighted by Crippen LogP contribution is 2.40. The molecule has 0 atom stereocenters. The van der Waals surface area contributed by atoms with Crippen molar-refractivity contribution in [2.45, 2.75) is 25.8 Å². The van der Waals surface area contributed by atoms with E-state index in [2.05, 4.69) is 22.0 Å². The molecule has 0 saturated carbocycles. The summed E-state index contributed by atoms with van der Waals surface area (Å²) in [5.41, 5.74) is 12.2. The molecule has 0 aliphatic carbocycles. The number of nitrogens with two attached hydrogens (primary N) is 1. The van der Waals surface area contributed by atoms with Crippen LogP contribution in [0.2, 0.25) is 0 Å². The van der Waals surface area contributed by atoms with Gasteiger partial charge in [-0.15, -0.1) is 0 Å². The van der Waals surface area contributed by atoms with Gasteiger partial charge in [-0.25, -0.2) is 4.39 Å². The third-order valence-electron chi connectivity index (χ3n) is 5.21. The van der Waals surface area contributed by atoms with Crippen molar-refractivity contribution in [2.24, 2.45) is 5.73 Å². The van der Waals surface area contributed by atoms with Gasteiger partial charge in [-0.05, 0) is 48.6 Å². The van der Waals surface area contributed by atoms with Gasteiger partial charge in [0.25, 0.3) is 0 Å². The maximum absolute atomic E-state index is 14.1. The highest BCUT2D eigenvalue weighted by Gasteiger charge is 2.23. The number of piperidine rings is 1. The monoisotopic (exact) mass is 361 g/mol. The van der Waals surface area contributed by atoms with Crippen LogP contribution < -0.4 is 10.6 Å². The molecule has 2 heterocycles. The lowest BCUT2D eigenvalue weighted by molar-refractivity contribution is 0.501. The highest BCUT2D eigenvalue weighted by molar-refractivity contribution is 5.90. The van der Waals surface area contributed by atoms with Crippen LogP contribution in [0, 0.1) is 12.7 Å². The minimum atomic E-state index is -0.221. The Morgan fingerprint density at radius 1 is 0.963 bits per heavy atom. The van der Waals surface area contributed by atoms with E-state index in [1.54, 1.807) is 12.1 Å². The molecular weight excluding hydrogens is 337 g/mol. The summed E-state index contributed by atoms with van der Waals surface area (Å²) in [5.74, 6) is -0.221. The molecule has 3 nitrogen and oxygen atoms in total. The molecule has 138 valence electrons. The minimum Gasteiger partial charge on any atom is -0.370 e. The number of aryl methyl sites for hydroxylation is 1. The van der Waals surface area contributed by atoms with E-state index in [1.807, 2.05) is 43.6 Å². The molecule has 1 fully saturated rings. The summed E-state index contributed by atoms with van der Waals surface area (Å²) in [6.45, 7) is 3.71. The van der Waals surface area contributed by atoms with Crippen LogP contribution in [-0.2, 0) is 0 Å². The number of anilines is 1. The second-order valence-electron chi connectivity index (χ2n) is 7.29. The van der Waals surface area contributed by atoms with Crippen LogP contribution in [0.1, 0.15) is 18.4 Å². The summed E-state index contributed by atoms with van der Waals surface area (Å²) in [6, 6.07) is 15.7. The van der Waals surface area contributed by atoms with Gasteiger partial charge in [-0.3, -0.25) is 4.98 Å². The molecule has 0 spiro atoms. The Bertz CT molecular complexity index is 911. The quantitative estimate of drug-likeness (QED) is 0.729. The zero-order valence-corrected chi connectivity index (χ0v) is 15.5. The van der Waals surface area contributed by atoms with E-state index in [0.29, 0.717) is 0 Å². The summed E-state index contributed by atoms with van der Waals surface area (Å²) >= 11 is 0. The molecule has 0 radical (unpaired) electrons. The Hall–Kier alpha value is -2.72. The number of rotatable bonds is 3. The summed E-state index contributed by atoms with van der Waals surface area (Å²) < 4.78 is 14.1. The van der Waals surface area contributed by atoms with Crippen molar-refractivity contribution in [3.05, 3.63) is 72.3 Å². The van der Waals surface area contributed by atoms with Crippen molar-refractivity contribution >= 4 is 5.69 Å². The van der Waals surface area contributed by atoms with Crippen LogP contribution >= 0.6 is 0 Å². The summed E-state index contributed by atoms with van der Waals surface area (Å²) in [5, 5.41) is 0. The van der Waals surface area contributed by atoms with E-state index in [-0.39, 0.29) is 11.9 Å². The van der Waals surface area contributed by atoms with Crippen molar-refractivity contribution in [3.63, 3.8) is 0 Å². The predicted octanol–water partition coefficient (Wildman–Crippen LogP) is 4.79. The average Bonchev–Trinajstić information content (AvgIpc) is 2.68. The van der Waals surface area contributed by atoms with Gasteiger partial charge in [-0.2, -0.15) is 0 Å². The topological polar surface area (TPSA) is 42.2 Å². The fourth-order valence-corrected chi connectivity index (χ4v) is 3.85. The smallest absolute Gasteiger partial charge is 0.124 e. The molecule has 0 unspecified atom stereocenters. The number of halogens is 1. The first-order valence-electron chi connectivity index (χ1n) is 9.43. The fourth-order valence-electron chi connectivity index (χ4n) is 3.85. The number of benzene rings is 2. The molecule has 2 aromatic carbocycles. The number of pyridine rings is 1. The van der Waals surface area contributed by atoms with Gasteiger partial charge in [0.2, 0.25) is 0 Å². The number of nitrogens with zero attached hydrogens (tertiary/aromatic N) is 2. The van der Waals surface area contributed by atoms with Gasteiger partial charge in [0.15, 0.2) is 0 Å². The molecule has 1 aliphatic rings. The van der Waals surface area contributed by atoms with Crippen LogP contribution in [0.15, 0.2) is 60.9 Å². The maximum Gasteiger partial charge on any atom is 0.124 e. The van der Waals surface area contributed by atoms with E-state index in [0.717, 1.165) is 59.4 Å². The standard InChI is InChI=1S/C23H24FN3/c1-16-11-18(13-19(24)12-16)22-15-26-14-21(17-5-3-2-4-6-17)23(22)27-9-7-20(25)8-10-27/h2-6,11-15,20H,7-10,25H2,1H3. The normalized spacial score (nSPS) is 15.1. The summed E-state index contributed by atoms with van der Waals surface area (Å²) in [4.78, 5) is 6.87. The van der Waals surface area contributed by atoms with E-state index in [1.165, 1.54) is 0 Å². The molecular formula is C23H24FN3. The second-order valence-corrected chi connectivity index (χ2v) is 7.29. The highest BCUT2D eigenvalue weighted by atomic mass is 19.1. The zero-order valence-electron chi connectivity index (χ0n) is 15.5. The van der Waals surface area contributed by atoms with E-state index >= 15 is 0 Å². The lowest BCUT2D eigenvalue weighted by Crippen LogP contribution is -2.40. The van der Waals surface area contributed by atoms with Crippen LogP contribution in [0.4, 0.5) is 10.1 Å². The van der Waals surface area contributed by atoms with Crippen molar-refractivity contribution in [2.75, 3.05) is 18.0 Å². The fraction of sp³-hybridized carbons (Fsp3) is 0.261. The van der Waals surface area contributed by atoms with Gasteiger partial charge in [0, 0.05) is 42.7 Å². The molecule has 2 N–H and O–H groups in total. The van der Waals surface area contributed by atoms with Crippen molar-refractivity contribution < 1.29 is 4.39 Å². The number of aromatic nitrogens is 1. The predicted molar refractivity (Wildman–Crippen MR) is 109 cm³/mol. The van der Waals surface area contributed by atoms with E-state index in [9.17, 15) is 4.39 Å². The third-order valence-corrected chi connectivity index (χ3v) is 5.21. The largest absolute Gasteiger partial charge is 0.370 e. The second kappa shape index (κ2) is 7.49. The summed E-state index contributed by atoms with van der Waals surface area (Å²) in [6.07, 6.45) is 5.68. The van der Waals surface area contributed by atoms with Crippen molar-refractivity contribution in [1.82, 2.24) is 4.98 Å². The minimum absolute atomic E-state index is 0.221. The van der Waals surface area contributed by atoms with Crippen molar-refractivity contribution in [3.8, 4) is 22.3 Å². The average molecular weight is 361 g/mol. The Labute approximate surface area is 159 Å². The summed E-state index contributed by atoms with van der Waals surface area (Å²) in [7, 11) is 0. The third kappa shape index (κ3) is 3.71. The Kier molecular flexibility index (Phi) is 4.90. The van der Waals surface area contributed by atoms with Gasteiger partial charge in [-0.1, -0.05) is 36.4 Å². The van der Waals surface area contributed by atoms with E-state index < -0.39 is 0 Å². The zero-order chi connectivity index (χ0) is 18.8. The molecule has 0 bridgehead atoms. The van der Waals surface area contributed by atoms with Gasteiger partial charge in [0.05, 0.1) is 5.69 Å². The molecule has 1 aromatic heterocycles. The Balaban J connectivity index is 1.90. The molecule has 1 saturated heterocycles. The SMILES string of the molecule is Cc1cc(F)cc(-c2cncc(-c3ccccc3)c2N2CCC(N)CC2)c1. The molecule has 27 heavy (non-hydrogen) atoms. The van der Waals surface area contributed by atoms with Crippen LogP contribution in [0.5, 0.6) is 0 Å². The van der Waals surface area contributed by atoms with Gasteiger partial charge < -0.3 is 10.6 Å². The molecule has 0 amide bonds. The van der Waals surface area contributed by atoms with Gasteiger partial charge >= 0.3 is 0 Å². The lowest BCUT2D eigenvalue weighted by atomic mass is 9.95. The lowest BCUT2D eigenvalue weighted by Gasteiger charge is -2.35. The van der Waals surface area contributed by atoms with E-state index in [4.69, 9.17) is 5.73 Å². The van der Waals surface area contributed by atoms with Crippen LogP contribution in [0.25, 0.3) is 22.3 Å². The van der Waals surface area contributed by atoms with Crippen LogP contribution in [-0.4, -0.2) is 24.1 Å². The first-order valence-corrected chi connectivity index (χ1v) is 9.43. The Morgan fingerprint density at radius 2 is 1.63 bits per heavy atom. The van der Waals surface area contributed by atoms with Gasteiger partial charge in [0.1, 0.15) is 5.82 Å². The number of hydrogen-bond donors (Lipinski definition) is 1. The molecule has 3 aromatic rings. The first kappa shape index (κ1) is 17.7. The molecule has 4 heteroatoms. The number of hydrogen-bond acceptors (Lipinski definition) is 3. The first-order chi connectivity index (χ1) is 13.1.